The van der Waals surface area contributed by atoms with E-state index in [1.165, 1.54) is 42.5 Å². The number of nitrogens with zero attached hydrogens (tertiary/aromatic N) is 2. The summed E-state index contributed by atoms with van der Waals surface area (Å²) in [6.45, 7) is 0. The van der Waals surface area contributed by atoms with E-state index in [1.807, 2.05) is 6.07 Å². The van der Waals surface area contributed by atoms with Crippen molar-refractivity contribution >= 4 is 17.0 Å². The Morgan fingerprint density at radius 1 is 0.833 bits per heavy atom. The first-order valence-corrected chi connectivity index (χ1v) is 9.59. The molecule has 3 heteroatoms. The number of rotatable bonds is 3. The summed E-state index contributed by atoms with van der Waals surface area (Å²) in [5.41, 5.74) is 2.31. The highest BCUT2D eigenvalue weighted by atomic mass is 32.1. The van der Waals surface area contributed by atoms with Gasteiger partial charge in [-0.1, -0.05) is 79.1 Å². The van der Waals surface area contributed by atoms with Crippen molar-refractivity contribution in [3.8, 4) is 10.4 Å². The lowest BCUT2D eigenvalue weighted by Gasteiger charge is -2.23. The van der Waals surface area contributed by atoms with Crippen molar-refractivity contribution < 1.29 is 0 Å². The molecule has 1 aromatic heterocycles. The molecule has 0 bridgehead atoms. The Bertz CT molecular complexity index is 840. The molecule has 1 aliphatic rings. The molecule has 1 heterocycles. The summed E-state index contributed by atoms with van der Waals surface area (Å²) in [6, 6.07) is 21.5. The average molecular weight is 334 g/mol. The van der Waals surface area contributed by atoms with Crippen LogP contribution < -0.4 is 4.80 Å². The topological polar surface area (TPSA) is 17.3 Å². The van der Waals surface area contributed by atoms with E-state index in [2.05, 4.69) is 65.4 Å². The minimum Gasteiger partial charge on any atom is -0.320 e. The van der Waals surface area contributed by atoms with E-state index < -0.39 is 0 Å². The summed E-state index contributed by atoms with van der Waals surface area (Å²) in [7, 11) is 0. The van der Waals surface area contributed by atoms with Gasteiger partial charge in [-0.15, -0.1) is 0 Å². The van der Waals surface area contributed by atoms with E-state index in [4.69, 9.17) is 4.99 Å². The highest BCUT2D eigenvalue weighted by Crippen LogP contribution is 2.30. The average Bonchev–Trinajstić information content (AvgIpc) is 3.08. The second kappa shape index (κ2) is 7.18. The zero-order valence-corrected chi connectivity index (χ0v) is 14.6. The predicted molar refractivity (Wildman–Crippen MR) is 102 cm³/mol. The van der Waals surface area contributed by atoms with Crippen molar-refractivity contribution in [2.24, 2.45) is 4.99 Å². The van der Waals surface area contributed by atoms with Gasteiger partial charge in [0.15, 0.2) is 4.80 Å². The van der Waals surface area contributed by atoms with Crippen LogP contribution in [0.3, 0.4) is 0 Å². The molecule has 0 aliphatic heterocycles. The largest absolute Gasteiger partial charge is 0.320 e. The predicted octanol–water partition coefficient (Wildman–Crippen LogP) is 5.95. The Kier molecular flexibility index (Phi) is 4.61. The first-order chi connectivity index (χ1) is 11.9. The third-order valence-corrected chi connectivity index (χ3v) is 5.73. The fourth-order valence-electron chi connectivity index (χ4n) is 3.41. The molecule has 0 amide bonds. The van der Waals surface area contributed by atoms with Gasteiger partial charge in [0.25, 0.3) is 0 Å². The van der Waals surface area contributed by atoms with Gasteiger partial charge in [-0.25, -0.2) is 4.99 Å². The molecule has 0 saturated heterocycles. The molecule has 4 rings (SSSR count). The quantitative estimate of drug-likeness (QED) is 0.563. The lowest BCUT2D eigenvalue weighted by Crippen LogP contribution is -2.21. The molecule has 0 radical (unpaired) electrons. The maximum Gasteiger partial charge on any atom is 0.190 e. The summed E-state index contributed by atoms with van der Waals surface area (Å²) in [6.07, 6.45) is 8.90. The Morgan fingerprint density at radius 3 is 2.21 bits per heavy atom. The van der Waals surface area contributed by atoms with E-state index in [0.29, 0.717) is 6.04 Å². The number of thiazole rings is 1. The zero-order chi connectivity index (χ0) is 16.2. The van der Waals surface area contributed by atoms with Crippen LogP contribution in [0.5, 0.6) is 0 Å². The van der Waals surface area contributed by atoms with Gasteiger partial charge in [-0.2, -0.15) is 0 Å². The molecule has 1 fully saturated rings. The molecule has 1 aliphatic carbocycles. The molecular weight excluding hydrogens is 312 g/mol. The fraction of sp³-hybridized carbons (Fsp3) is 0.286. The number of aromatic nitrogens is 1. The van der Waals surface area contributed by atoms with Gasteiger partial charge in [0, 0.05) is 12.2 Å². The van der Waals surface area contributed by atoms with Gasteiger partial charge in [0.2, 0.25) is 0 Å². The summed E-state index contributed by atoms with van der Waals surface area (Å²) >= 11 is 1.80. The fourth-order valence-corrected chi connectivity index (χ4v) is 4.48. The molecule has 0 atom stereocenters. The van der Waals surface area contributed by atoms with Crippen LogP contribution in [0.15, 0.2) is 71.9 Å². The van der Waals surface area contributed by atoms with E-state index in [1.54, 1.807) is 11.3 Å². The lowest BCUT2D eigenvalue weighted by molar-refractivity contribution is 0.348. The smallest absolute Gasteiger partial charge is 0.190 e. The Balaban J connectivity index is 1.81. The number of para-hydroxylation sites is 1. The molecule has 0 spiro atoms. The monoisotopic (exact) mass is 334 g/mol. The Hall–Kier alpha value is -2.13. The van der Waals surface area contributed by atoms with E-state index in [-0.39, 0.29) is 0 Å². The minimum atomic E-state index is 0.593. The van der Waals surface area contributed by atoms with Crippen molar-refractivity contribution in [2.45, 2.75) is 38.1 Å². The standard InChI is InChI=1S/C21H22N2S/c1-4-10-17(11-5-1)20-16-23(19-14-8-3-9-15-19)21(24-20)22-18-12-6-2-7-13-18/h1-2,4-7,10-13,16,19H,3,8-9,14-15H2/b22-21+. The summed E-state index contributed by atoms with van der Waals surface area (Å²) in [5, 5.41) is 0. The molecule has 1 saturated carbocycles. The first-order valence-electron chi connectivity index (χ1n) is 8.77. The van der Waals surface area contributed by atoms with Crippen molar-refractivity contribution in [1.29, 1.82) is 0 Å². The first kappa shape index (κ1) is 15.4. The third kappa shape index (κ3) is 3.36. The van der Waals surface area contributed by atoms with Gasteiger partial charge in [0.1, 0.15) is 0 Å². The van der Waals surface area contributed by atoms with Gasteiger partial charge < -0.3 is 4.57 Å². The van der Waals surface area contributed by atoms with Crippen LogP contribution in [0.25, 0.3) is 10.4 Å². The zero-order valence-electron chi connectivity index (χ0n) is 13.8. The Morgan fingerprint density at radius 2 is 1.50 bits per heavy atom. The highest BCUT2D eigenvalue weighted by molar-refractivity contribution is 7.12. The van der Waals surface area contributed by atoms with Crippen molar-refractivity contribution in [1.82, 2.24) is 4.57 Å². The lowest BCUT2D eigenvalue weighted by atomic mass is 9.95. The van der Waals surface area contributed by atoms with Crippen molar-refractivity contribution in [3.63, 3.8) is 0 Å². The summed E-state index contributed by atoms with van der Waals surface area (Å²) in [5.74, 6) is 0. The molecule has 2 aromatic carbocycles. The van der Waals surface area contributed by atoms with E-state index in [9.17, 15) is 0 Å². The molecule has 3 aromatic rings. The van der Waals surface area contributed by atoms with Crippen LogP contribution in [0, 0.1) is 0 Å². The van der Waals surface area contributed by atoms with Crippen molar-refractivity contribution in [3.05, 3.63) is 71.7 Å². The van der Waals surface area contributed by atoms with Crippen LogP contribution in [-0.2, 0) is 0 Å². The summed E-state index contributed by atoms with van der Waals surface area (Å²) < 4.78 is 2.43. The number of hydrogen-bond donors (Lipinski definition) is 0. The van der Waals surface area contributed by atoms with Gasteiger partial charge in [-0.3, -0.25) is 0 Å². The van der Waals surface area contributed by atoms with Gasteiger partial charge in [-0.05, 0) is 30.5 Å². The van der Waals surface area contributed by atoms with Crippen LogP contribution in [0.2, 0.25) is 0 Å². The Labute approximate surface area is 147 Å². The van der Waals surface area contributed by atoms with Crippen LogP contribution >= 0.6 is 11.3 Å². The summed E-state index contributed by atoms with van der Waals surface area (Å²) in [4.78, 5) is 7.36. The highest BCUT2D eigenvalue weighted by Gasteiger charge is 2.17. The molecule has 0 N–H and O–H groups in total. The molecule has 24 heavy (non-hydrogen) atoms. The number of hydrogen-bond acceptors (Lipinski definition) is 2. The van der Waals surface area contributed by atoms with E-state index >= 15 is 0 Å². The van der Waals surface area contributed by atoms with Crippen LogP contribution in [0.4, 0.5) is 5.69 Å². The molecule has 122 valence electrons. The van der Waals surface area contributed by atoms with Crippen LogP contribution in [0.1, 0.15) is 38.1 Å². The number of benzene rings is 2. The van der Waals surface area contributed by atoms with E-state index in [0.717, 1.165) is 10.5 Å². The maximum absolute atomic E-state index is 4.94. The normalized spacial score (nSPS) is 16.4. The van der Waals surface area contributed by atoms with Crippen LogP contribution in [-0.4, -0.2) is 4.57 Å². The third-order valence-electron chi connectivity index (χ3n) is 4.69. The second-order valence-corrected chi connectivity index (χ2v) is 7.40. The van der Waals surface area contributed by atoms with Crippen molar-refractivity contribution in [2.75, 3.05) is 0 Å². The SMILES string of the molecule is c1ccc(/N=c2/sc(-c3ccccc3)cn2C2CCCCC2)cc1. The molecular formula is C21H22N2S. The molecule has 0 unspecified atom stereocenters. The van der Waals surface area contributed by atoms with Gasteiger partial charge in [0.05, 0.1) is 10.6 Å². The van der Waals surface area contributed by atoms with Gasteiger partial charge >= 0.3 is 0 Å². The maximum atomic E-state index is 4.94. The minimum absolute atomic E-state index is 0.593. The molecule has 2 nitrogen and oxygen atoms in total. The second-order valence-electron chi connectivity index (χ2n) is 6.39.